The minimum atomic E-state index is -0.726. The van der Waals surface area contributed by atoms with Crippen LogP contribution in [0.1, 0.15) is 39.5 Å². The van der Waals surface area contributed by atoms with Gasteiger partial charge in [-0.25, -0.2) is 4.79 Å². The molecule has 0 rings (SSSR count). The number of aliphatic hydroxyl groups is 2. The van der Waals surface area contributed by atoms with Gasteiger partial charge in [0, 0.05) is 26.1 Å². The Bertz CT molecular complexity index is 283. The van der Waals surface area contributed by atoms with Crippen molar-refractivity contribution < 1.29 is 24.5 Å². The summed E-state index contributed by atoms with van der Waals surface area (Å²) in [5.41, 5.74) is 0. The molecule has 0 aliphatic rings. The molecule has 2 N–H and O–H groups in total. The molecule has 0 saturated heterocycles. The topological polar surface area (TPSA) is 76.0 Å². The van der Waals surface area contributed by atoms with Crippen LogP contribution in [-0.4, -0.2) is 41.8 Å². The molecule has 0 aliphatic carbocycles. The molecule has 0 radical (unpaired) electrons. The first-order valence-corrected chi connectivity index (χ1v) is 6.47. The number of ether oxygens (including phenoxy) is 2. The largest absolute Gasteiger partial charge is 0.508 e. The summed E-state index contributed by atoms with van der Waals surface area (Å²) in [6.45, 7) is 3.79. The fraction of sp³-hybridized carbons (Fsp3) is 0.667. The standard InChI is InChI=1S/C11H14O3.C4H10O2/c1-5-7-9(3)13-11(12)14-10(4)8-6-2;5-3-1-2-4-6/h1-2,9-10H,7-8H2,3-4H3;5-6H,1-4H2. The van der Waals surface area contributed by atoms with Crippen molar-refractivity contribution >= 4 is 6.16 Å². The number of hydrogen-bond donors (Lipinski definition) is 2. The molecule has 2 atom stereocenters. The van der Waals surface area contributed by atoms with Gasteiger partial charge in [0.2, 0.25) is 0 Å². The van der Waals surface area contributed by atoms with Gasteiger partial charge >= 0.3 is 6.16 Å². The van der Waals surface area contributed by atoms with Crippen molar-refractivity contribution in [2.24, 2.45) is 0 Å². The van der Waals surface area contributed by atoms with E-state index >= 15 is 0 Å². The summed E-state index contributed by atoms with van der Waals surface area (Å²) in [6, 6.07) is 0. The molecule has 2 unspecified atom stereocenters. The number of unbranched alkanes of at least 4 members (excludes halogenated alkanes) is 1. The Hall–Kier alpha value is -1.69. The van der Waals surface area contributed by atoms with Crippen LogP contribution in [0.5, 0.6) is 0 Å². The van der Waals surface area contributed by atoms with Gasteiger partial charge in [-0.05, 0) is 26.7 Å². The van der Waals surface area contributed by atoms with Crippen molar-refractivity contribution in [1.82, 2.24) is 0 Å². The van der Waals surface area contributed by atoms with E-state index in [9.17, 15) is 4.79 Å². The van der Waals surface area contributed by atoms with Crippen molar-refractivity contribution in [3.63, 3.8) is 0 Å². The van der Waals surface area contributed by atoms with E-state index in [-0.39, 0.29) is 25.4 Å². The van der Waals surface area contributed by atoms with Crippen LogP contribution in [0.2, 0.25) is 0 Å². The highest BCUT2D eigenvalue weighted by Gasteiger charge is 2.12. The molecule has 0 amide bonds. The monoisotopic (exact) mass is 284 g/mol. The van der Waals surface area contributed by atoms with Gasteiger partial charge in [-0.1, -0.05) is 0 Å². The Kier molecular flexibility index (Phi) is 15.8. The highest BCUT2D eigenvalue weighted by molar-refractivity contribution is 5.60. The lowest BCUT2D eigenvalue weighted by molar-refractivity contribution is 0.0102. The van der Waals surface area contributed by atoms with Gasteiger partial charge in [0.25, 0.3) is 0 Å². The van der Waals surface area contributed by atoms with E-state index in [1.807, 2.05) is 0 Å². The van der Waals surface area contributed by atoms with E-state index < -0.39 is 6.16 Å². The smallest absolute Gasteiger partial charge is 0.430 e. The maximum Gasteiger partial charge on any atom is 0.508 e. The second-order valence-corrected chi connectivity index (χ2v) is 4.08. The average Bonchev–Trinajstić information content (AvgIpc) is 2.37. The van der Waals surface area contributed by atoms with Gasteiger partial charge in [-0.15, -0.1) is 24.7 Å². The highest BCUT2D eigenvalue weighted by Crippen LogP contribution is 2.02. The summed E-state index contributed by atoms with van der Waals surface area (Å²) in [4.78, 5) is 11.0. The Morgan fingerprint density at radius 2 is 1.35 bits per heavy atom. The van der Waals surface area contributed by atoms with Crippen molar-refractivity contribution in [3.8, 4) is 24.7 Å². The number of hydrogen-bond acceptors (Lipinski definition) is 5. The number of carbonyl (C=O) groups excluding carboxylic acids is 1. The molecule has 114 valence electrons. The summed E-state index contributed by atoms with van der Waals surface area (Å²) < 4.78 is 9.67. The lowest BCUT2D eigenvalue weighted by Crippen LogP contribution is -2.20. The Morgan fingerprint density at radius 3 is 1.60 bits per heavy atom. The normalized spacial score (nSPS) is 11.9. The first-order chi connectivity index (χ1) is 9.51. The van der Waals surface area contributed by atoms with Crippen molar-refractivity contribution in [2.45, 2.75) is 51.7 Å². The molecule has 0 aromatic heterocycles. The average molecular weight is 284 g/mol. The van der Waals surface area contributed by atoms with E-state index in [4.69, 9.17) is 32.5 Å². The Morgan fingerprint density at radius 1 is 1.00 bits per heavy atom. The zero-order chi connectivity index (χ0) is 15.8. The van der Waals surface area contributed by atoms with Crippen LogP contribution in [-0.2, 0) is 9.47 Å². The molecular formula is C15H24O5. The third-order valence-electron chi connectivity index (χ3n) is 1.97. The molecule has 5 nitrogen and oxygen atoms in total. The van der Waals surface area contributed by atoms with E-state index in [1.165, 1.54) is 0 Å². The number of carbonyl (C=O) groups is 1. The van der Waals surface area contributed by atoms with Crippen molar-refractivity contribution in [1.29, 1.82) is 0 Å². The SMILES string of the molecule is C#CCC(C)OC(=O)OC(C)CC#C.OCCCCO. The van der Waals surface area contributed by atoms with Gasteiger partial charge < -0.3 is 19.7 Å². The van der Waals surface area contributed by atoms with Crippen LogP contribution in [0.25, 0.3) is 0 Å². The minimum absolute atomic E-state index is 0.195. The van der Waals surface area contributed by atoms with Gasteiger partial charge in [-0.3, -0.25) is 0 Å². The van der Waals surface area contributed by atoms with Gasteiger partial charge in [0.1, 0.15) is 12.2 Å². The van der Waals surface area contributed by atoms with E-state index in [0.29, 0.717) is 12.8 Å². The Labute approximate surface area is 121 Å². The zero-order valence-corrected chi connectivity index (χ0v) is 12.2. The quantitative estimate of drug-likeness (QED) is 0.423. The van der Waals surface area contributed by atoms with E-state index in [2.05, 4.69) is 11.8 Å². The predicted octanol–water partition coefficient (Wildman–Crippen LogP) is 1.71. The lowest BCUT2D eigenvalue weighted by Gasteiger charge is -2.13. The fourth-order valence-electron chi connectivity index (χ4n) is 0.995. The summed E-state index contributed by atoms with van der Waals surface area (Å²) in [6.07, 6.45) is 10.9. The summed E-state index contributed by atoms with van der Waals surface area (Å²) >= 11 is 0. The van der Waals surface area contributed by atoms with Crippen molar-refractivity contribution in [2.75, 3.05) is 13.2 Å². The van der Waals surface area contributed by atoms with Crippen LogP contribution in [0, 0.1) is 24.7 Å². The second kappa shape index (κ2) is 15.4. The van der Waals surface area contributed by atoms with E-state index in [0.717, 1.165) is 12.8 Å². The molecule has 5 heteroatoms. The second-order valence-electron chi connectivity index (χ2n) is 4.08. The maximum absolute atomic E-state index is 11.0. The number of terminal acetylenes is 2. The van der Waals surface area contributed by atoms with Crippen LogP contribution in [0.15, 0.2) is 0 Å². The molecular weight excluding hydrogens is 260 g/mol. The molecule has 0 bridgehead atoms. The fourth-order valence-corrected chi connectivity index (χ4v) is 0.995. The summed E-state index contributed by atoms with van der Waals surface area (Å²) in [5.74, 6) is 4.77. The lowest BCUT2D eigenvalue weighted by atomic mass is 10.3. The summed E-state index contributed by atoms with van der Waals surface area (Å²) in [7, 11) is 0. The van der Waals surface area contributed by atoms with Crippen LogP contribution < -0.4 is 0 Å². The van der Waals surface area contributed by atoms with Gasteiger partial charge in [0.05, 0.1) is 0 Å². The summed E-state index contributed by atoms with van der Waals surface area (Å²) in [5, 5.41) is 16.2. The van der Waals surface area contributed by atoms with Gasteiger partial charge in [0.15, 0.2) is 0 Å². The third-order valence-corrected chi connectivity index (χ3v) is 1.97. The number of rotatable bonds is 7. The van der Waals surface area contributed by atoms with Crippen LogP contribution in [0.3, 0.4) is 0 Å². The first-order valence-electron chi connectivity index (χ1n) is 6.47. The molecule has 20 heavy (non-hydrogen) atoms. The molecule has 0 aromatic carbocycles. The minimum Gasteiger partial charge on any atom is -0.430 e. The Balaban J connectivity index is 0. The zero-order valence-electron chi connectivity index (χ0n) is 12.2. The first kappa shape index (κ1) is 20.6. The molecule has 0 spiro atoms. The number of aliphatic hydroxyl groups excluding tert-OH is 2. The molecule has 0 heterocycles. The van der Waals surface area contributed by atoms with E-state index in [1.54, 1.807) is 13.8 Å². The van der Waals surface area contributed by atoms with Crippen molar-refractivity contribution in [3.05, 3.63) is 0 Å². The van der Waals surface area contributed by atoms with Gasteiger partial charge in [-0.2, -0.15) is 0 Å². The molecule has 0 saturated carbocycles. The van der Waals surface area contributed by atoms with Crippen LogP contribution in [0.4, 0.5) is 4.79 Å². The molecule has 0 aliphatic heterocycles. The van der Waals surface area contributed by atoms with Crippen LogP contribution >= 0.6 is 0 Å². The highest BCUT2D eigenvalue weighted by atomic mass is 16.7. The third kappa shape index (κ3) is 16.3. The molecule has 0 fully saturated rings. The molecule has 0 aromatic rings. The maximum atomic E-state index is 11.0. The predicted molar refractivity (Wildman–Crippen MR) is 76.8 cm³/mol.